The minimum absolute atomic E-state index is 0.0283. The summed E-state index contributed by atoms with van der Waals surface area (Å²) in [6, 6.07) is 10.2. The maximum atomic E-state index is 12.3. The molecule has 1 atom stereocenters. The zero-order chi connectivity index (χ0) is 15.5. The van der Waals surface area contributed by atoms with Gasteiger partial charge in [0.1, 0.15) is 0 Å². The lowest BCUT2D eigenvalue weighted by Gasteiger charge is -2.07. The second-order valence-electron chi connectivity index (χ2n) is 4.48. The molecule has 0 saturated carbocycles. The zero-order valence-electron chi connectivity index (χ0n) is 11.5. The van der Waals surface area contributed by atoms with Crippen LogP contribution in [0.2, 0.25) is 5.02 Å². The van der Waals surface area contributed by atoms with Crippen LogP contribution >= 0.6 is 23.4 Å². The van der Waals surface area contributed by atoms with Gasteiger partial charge < -0.3 is 8.83 Å². The highest BCUT2D eigenvalue weighted by Crippen LogP contribution is 2.28. The van der Waals surface area contributed by atoms with Crippen molar-refractivity contribution in [2.24, 2.45) is 0 Å². The standard InChI is InChI=1S/C15H11ClN2O3S/c1-9(13(19)10-4-6-11(16)7-5-10)22-15-18-17-14(21-15)12-3-2-8-20-12/h2-9H,1H3/t9-/m1/s1. The Balaban J connectivity index is 1.70. The van der Waals surface area contributed by atoms with Gasteiger partial charge in [0.25, 0.3) is 11.1 Å². The fourth-order valence-electron chi connectivity index (χ4n) is 1.81. The smallest absolute Gasteiger partial charge is 0.284 e. The highest BCUT2D eigenvalue weighted by Gasteiger charge is 2.20. The van der Waals surface area contributed by atoms with E-state index in [1.54, 1.807) is 43.3 Å². The molecule has 5 nitrogen and oxygen atoms in total. The first kappa shape index (κ1) is 14.9. The summed E-state index contributed by atoms with van der Waals surface area (Å²) in [5.41, 5.74) is 0.593. The normalized spacial score (nSPS) is 12.3. The molecular formula is C15H11ClN2O3S. The summed E-state index contributed by atoms with van der Waals surface area (Å²) in [7, 11) is 0. The number of nitrogens with zero attached hydrogens (tertiary/aromatic N) is 2. The molecule has 7 heteroatoms. The average Bonchev–Trinajstić information content (AvgIpc) is 3.18. The number of ketones is 1. The Bertz CT molecular complexity index is 768. The van der Waals surface area contributed by atoms with Crippen LogP contribution in [0.4, 0.5) is 0 Å². The van der Waals surface area contributed by atoms with E-state index < -0.39 is 0 Å². The SMILES string of the molecule is C[C@@H](Sc1nnc(-c2ccco2)o1)C(=O)c1ccc(Cl)cc1. The van der Waals surface area contributed by atoms with Gasteiger partial charge in [-0.1, -0.05) is 23.4 Å². The summed E-state index contributed by atoms with van der Waals surface area (Å²) >= 11 is 7.02. The number of hydrogen-bond acceptors (Lipinski definition) is 6. The molecule has 3 rings (SSSR count). The number of Topliss-reactive ketones (excluding diaryl/α,β-unsaturated/α-hetero) is 1. The van der Waals surface area contributed by atoms with Crippen molar-refractivity contribution < 1.29 is 13.6 Å². The summed E-state index contributed by atoms with van der Waals surface area (Å²) in [4.78, 5) is 12.3. The number of hydrogen-bond donors (Lipinski definition) is 0. The van der Waals surface area contributed by atoms with Crippen LogP contribution < -0.4 is 0 Å². The Morgan fingerprint density at radius 3 is 2.68 bits per heavy atom. The van der Waals surface area contributed by atoms with Gasteiger partial charge in [0, 0.05) is 10.6 Å². The molecule has 0 radical (unpaired) electrons. The number of benzene rings is 1. The summed E-state index contributed by atoms with van der Waals surface area (Å²) < 4.78 is 10.7. The van der Waals surface area contributed by atoms with E-state index in [4.69, 9.17) is 20.4 Å². The van der Waals surface area contributed by atoms with Crippen LogP contribution in [0.25, 0.3) is 11.7 Å². The molecule has 2 heterocycles. The number of aromatic nitrogens is 2. The molecule has 0 unspecified atom stereocenters. The Morgan fingerprint density at radius 2 is 2.00 bits per heavy atom. The summed E-state index contributed by atoms with van der Waals surface area (Å²) in [5, 5.41) is 8.37. The minimum Gasteiger partial charge on any atom is -0.459 e. The predicted molar refractivity (Wildman–Crippen MR) is 83.1 cm³/mol. The van der Waals surface area contributed by atoms with E-state index in [-0.39, 0.29) is 11.0 Å². The topological polar surface area (TPSA) is 69.1 Å². The lowest BCUT2D eigenvalue weighted by molar-refractivity contribution is 0.0993. The molecule has 0 aliphatic heterocycles. The summed E-state index contributed by atoms with van der Waals surface area (Å²) in [5.74, 6) is 0.758. The molecule has 1 aromatic carbocycles. The van der Waals surface area contributed by atoms with Crippen molar-refractivity contribution in [3.05, 3.63) is 53.2 Å². The first-order valence-corrected chi connectivity index (χ1v) is 7.73. The highest BCUT2D eigenvalue weighted by atomic mass is 35.5. The largest absolute Gasteiger partial charge is 0.459 e. The number of thioether (sulfide) groups is 1. The molecule has 0 spiro atoms. The first-order valence-electron chi connectivity index (χ1n) is 6.47. The second kappa shape index (κ2) is 6.37. The Labute approximate surface area is 135 Å². The predicted octanol–water partition coefficient (Wildman–Crippen LogP) is 4.35. The van der Waals surface area contributed by atoms with Gasteiger partial charge in [-0.2, -0.15) is 0 Å². The van der Waals surface area contributed by atoms with Crippen LogP contribution in [0.1, 0.15) is 17.3 Å². The number of halogens is 1. The zero-order valence-corrected chi connectivity index (χ0v) is 13.1. The van der Waals surface area contributed by atoms with Gasteiger partial charge in [-0.25, -0.2) is 0 Å². The van der Waals surface area contributed by atoms with E-state index in [9.17, 15) is 4.79 Å². The first-order chi connectivity index (χ1) is 10.6. The molecule has 0 bridgehead atoms. The fraction of sp³-hybridized carbons (Fsp3) is 0.133. The number of rotatable bonds is 5. The molecule has 2 aromatic heterocycles. The number of furan rings is 1. The van der Waals surface area contributed by atoms with E-state index in [0.29, 0.717) is 27.5 Å². The van der Waals surface area contributed by atoms with Crippen molar-refractivity contribution in [3.8, 4) is 11.7 Å². The molecule has 0 amide bonds. The Kier molecular flexibility index (Phi) is 4.31. The third kappa shape index (κ3) is 3.23. The van der Waals surface area contributed by atoms with Crippen LogP contribution in [0.5, 0.6) is 0 Å². The fourth-order valence-corrected chi connectivity index (χ4v) is 2.70. The van der Waals surface area contributed by atoms with Gasteiger partial charge in [-0.3, -0.25) is 4.79 Å². The highest BCUT2D eigenvalue weighted by molar-refractivity contribution is 8.00. The monoisotopic (exact) mass is 334 g/mol. The van der Waals surface area contributed by atoms with Crippen LogP contribution in [0.3, 0.4) is 0 Å². The van der Waals surface area contributed by atoms with Gasteiger partial charge in [0.05, 0.1) is 11.5 Å². The maximum absolute atomic E-state index is 12.3. The van der Waals surface area contributed by atoms with Gasteiger partial charge in [0.15, 0.2) is 11.5 Å². The van der Waals surface area contributed by atoms with Gasteiger partial charge in [0.2, 0.25) is 0 Å². The molecule has 0 aliphatic rings. The van der Waals surface area contributed by atoms with E-state index >= 15 is 0 Å². The van der Waals surface area contributed by atoms with Gasteiger partial charge >= 0.3 is 0 Å². The van der Waals surface area contributed by atoms with Crippen LogP contribution in [-0.2, 0) is 0 Å². The Morgan fingerprint density at radius 1 is 1.23 bits per heavy atom. The summed E-state index contributed by atoms with van der Waals surface area (Å²) in [6.07, 6.45) is 1.53. The van der Waals surface area contributed by atoms with E-state index in [2.05, 4.69) is 10.2 Å². The van der Waals surface area contributed by atoms with Crippen molar-refractivity contribution in [2.45, 2.75) is 17.4 Å². The quantitative estimate of drug-likeness (QED) is 0.510. The van der Waals surface area contributed by atoms with Crippen molar-refractivity contribution in [3.63, 3.8) is 0 Å². The van der Waals surface area contributed by atoms with Crippen molar-refractivity contribution in [1.82, 2.24) is 10.2 Å². The third-order valence-corrected chi connectivity index (χ3v) is 4.10. The lowest BCUT2D eigenvalue weighted by Crippen LogP contribution is -2.13. The van der Waals surface area contributed by atoms with E-state index in [1.165, 1.54) is 18.0 Å². The van der Waals surface area contributed by atoms with Gasteiger partial charge in [-0.05, 0) is 43.3 Å². The maximum Gasteiger partial charge on any atom is 0.284 e. The van der Waals surface area contributed by atoms with Crippen molar-refractivity contribution in [1.29, 1.82) is 0 Å². The molecular weight excluding hydrogens is 324 g/mol. The van der Waals surface area contributed by atoms with Crippen LogP contribution in [0.15, 0.2) is 56.7 Å². The molecule has 22 heavy (non-hydrogen) atoms. The lowest BCUT2D eigenvalue weighted by atomic mass is 10.1. The molecule has 112 valence electrons. The number of carbonyl (C=O) groups is 1. The molecule has 0 aliphatic carbocycles. The van der Waals surface area contributed by atoms with E-state index in [0.717, 1.165) is 0 Å². The van der Waals surface area contributed by atoms with Crippen LogP contribution in [-0.4, -0.2) is 21.2 Å². The molecule has 0 N–H and O–H groups in total. The third-order valence-electron chi connectivity index (χ3n) is 2.91. The van der Waals surface area contributed by atoms with Crippen molar-refractivity contribution in [2.75, 3.05) is 0 Å². The van der Waals surface area contributed by atoms with Crippen LogP contribution in [0, 0.1) is 0 Å². The summed E-state index contributed by atoms with van der Waals surface area (Å²) in [6.45, 7) is 1.79. The second-order valence-corrected chi connectivity index (χ2v) is 6.21. The molecule has 0 fully saturated rings. The Hall–Kier alpha value is -2.05. The average molecular weight is 335 g/mol. The molecule has 0 saturated heterocycles. The number of carbonyl (C=O) groups excluding carboxylic acids is 1. The van der Waals surface area contributed by atoms with Gasteiger partial charge in [-0.15, -0.1) is 10.2 Å². The van der Waals surface area contributed by atoms with Crippen molar-refractivity contribution >= 4 is 29.1 Å². The minimum atomic E-state index is -0.355. The molecule has 3 aromatic rings. The van der Waals surface area contributed by atoms with E-state index in [1.807, 2.05) is 0 Å².